The second kappa shape index (κ2) is 9.43. The summed E-state index contributed by atoms with van der Waals surface area (Å²) in [6.45, 7) is 1.09. The van der Waals surface area contributed by atoms with E-state index in [1.165, 1.54) is 44.4 Å². The number of amides is 1. The number of nitro benzene ring substituents is 1. The number of ether oxygens (including phenoxy) is 1. The molecule has 0 aliphatic rings. The number of carbonyl (C=O) groups excluding carboxylic acids is 1. The highest BCUT2D eigenvalue weighted by atomic mass is 32.2. The number of nitro groups is 1. The third-order valence-electron chi connectivity index (χ3n) is 4.05. The first-order chi connectivity index (χ1) is 13.7. The summed E-state index contributed by atoms with van der Waals surface area (Å²) in [6, 6.07) is 8.71. The Balaban J connectivity index is 2.19. The molecule has 156 valence electrons. The third-order valence-corrected chi connectivity index (χ3v) is 5.99. The van der Waals surface area contributed by atoms with Crippen LogP contribution < -0.4 is 10.1 Å². The van der Waals surface area contributed by atoms with Gasteiger partial charge in [-0.05, 0) is 23.8 Å². The highest BCUT2D eigenvalue weighted by molar-refractivity contribution is 7.89. The maximum absolute atomic E-state index is 13.0. The van der Waals surface area contributed by atoms with Crippen LogP contribution >= 0.6 is 0 Å². The van der Waals surface area contributed by atoms with Crippen LogP contribution in [0.1, 0.15) is 12.5 Å². The fourth-order valence-electron chi connectivity index (χ4n) is 2.51. The number of hydrogen-bond acceptors (Lipinski definition) is 6. The molecule has 0 heterocycles. The summed E-state index contributed by atoms with van der Waals surface area (Å²) >= 11 is 0. The van der Waals surface area contributed by atoms with E-state index < -0.39 is 43.8 Å². The molecule has 0 radical (unpaired) electrons. The molecule has 9 nitrogen and oxygen atoms in total. The van der Waals surface area contributed by atoms with Crippen molar-refractivity contribution in [1.29, 1.82) is 0 Å². The number of halogens is 1. The van der Waals surface area contributed by atoms with Crippen LogP contribution in [0.5, 0.6) is 5.75 Å². The Morgan fingerprint density at radius 3 is 2.45 bits per heavy atom. The van der Waals surface area contributed by atoms with Crippen molar-refractivity contribution in [3.8, 4) is 5.75 Å². The van der Waals surface area contributed by atoms with Crippen molar-refractivity contribution in [3.63, 3.8) is 0 Å². The van der Waals surface area contributed by atoms with E-state index in [4.69, 9.17) is 4.74 Å². The van der Waals surface area contributed by atoms with Crippen molar-refractivity contribution in [3.05, 3.63) is 64.0 Å². The fourth-order valence-corrected chi connectivity index (χ4v) is 4.09. The van der Waals surface area contributed by atoms with Gasteiger partial charge in [-0.2, -0.15) is 4.31 Å². The molecular formula is C18H20FN3O6S. The first-order valence-electron chi connectivity index (χ1n) is 8.52. The molecule has 0 aromatic heterocycles. The van der Waals surface area contributed by atoms with Gasteiger partial charge >= 0.3 is 0 Å². The summed E-state index contributed by atoms with van der Waals surface area (Å²) in [5, 5.41) is 13.6. The Kier molecular flexibility index (Phi) is 7.23. The van der Waals surface area contributed by atoms with Gasteiger partial charge in [0.1, 0.15) is 16.5 Å². The molecule has 2 aromatic carbocycles. The maximum Gasteiger partial charge on any atom is 0.271 e. The van der Waals surface area contributed by atoms with E-state index >= 15 is 0 Å². The number of nitrogens with zero attached hydrogens (tertiary/aromatic N) is 2. The average molecular weight is 425 g/mol. The zero-order valence-corrected chi connectivity index (χ0v) is 16.6. The van der Waals surface area contributed by atoms with Gasteiger partial charge in [0.15, 0.2) is 0 Å². The lowest BCUT2D eigenvalue weighted by molar-refractivity contribution is -0.385. The quantitative estimate of drug-likeness (QED) is 0.485. The molecule has 0 aliphatic heterocycles. The first-order valence-corrected chi connectivity index (χ1v) is 9.96. The summed E-state index contributed by atoms with van der Waals surface area (Å²) in [7, 11) is -3.00. The Morgan fingerprint density at radius 1 is 1.24 bits per heavy atom. The first kappa shape index (κ1) is 22.2. The van der Waals surface area contributed by atoms with Gasteiger partial charge in [-0.1, -0.05) is 19.1 Å². The van der Waals surface area contributed by atoms with Crippen molar-refractivity contribution in [2.45, 2.75) is 18.4 Å². The highest BCUT2D eigenvalue weighted by Crippen LogP contribution is 2.30. The zero-order valence-electron chi connectivity index (χ0n) is 15.8. The molecule has 0 saturated heterocycles. The second-order valence-corrected chi connectivity index (χ2v) is 7.83. The van der Waals surface area contributed by atoms with E-state index in [1.54, 1.807) is 0 Å². The van der Waals surface area contributed by atoms with Gasteiger partial charge in [-0.3, -0.25) is 14.9 Å². The predicted molar refractivity (Wildman–Crippen MR) is 102 cm³/mol. The van der Waals surface area contributed by atoms with Crippen molar-refractivity contribution in [2.24, 2.45) is 0 Å². The standard InChI is InChI=1S/C18H20FN3O6S/c1-3-21(12-18(23)20-11-13-4-6-14(19)7-5-13)29(26,27)17-10-15(22(24)25)8-9-16(17)28-2/h4-10H,3,11-12H2,1-2H3,(H,20,23). The normalized spacial score (nSPS) is 11.3. The summed E-state index contributed by atoms with van der Waals surface area (Å²) in [6.07, 6.45) is 0. The zero-order chi connectivity index (χ0) is 21.6. The minimum atomic E-state index is -4.24. The molecule has 2 rings (SSSR count). The lowest BCUT2D eigenvalue weighted by atomic mass is 10.2. The van der Waals surface area contributed by atoms with E-state index in [1.807, 2.05) is 0 Å². The summed E-state index contributed by atoms with van der Waals surface area (Å²) < 4.78 is 44.8. The largest absolute Gasteiger partial charge is 0.495 e. The average Bonchev–Trinajstić information content (AvgIpc) is 2.70. The van der Waals surface area contributed by atoms with E-state index in [9.17, 15) is 27.7 Å². The van der Waals surface area contributed by atoms with Gasteiger partial charge in [0.05, 0.1) is 18.6 Å². The van der Waals surface area contributed by atoms with Crippen LogP contribution in [0.15, 0.2) is 47.4 Å². The predicted octanol–water partition coefficient (Wildman–Crippen LogP) is 2.07. The third kappa shape index (κ3) is 5.48. The molecule has 0 spiro atoms. The van der Waals surface area contributed by atoms with Gasteiger partial charge in [-0.15, -0.1) is 0 Å². The minimum Gasteiger partial charge on any atom is -0.495 e. The topological polar surface area (TPSA) is 119 Å². The number of sulfonamides is 1. The molecule has 11 heteroatoms. The summed E-state index contributed by atoms with van der Waals surface area (Å²) in [5.74, 6) is -1.06. The molecule has 0 bridgehead atoms. The van der Waals surface area contributed by atoms with E-state index in [2.05, 4.69) is 5.32 Å². The number of likely N-dealkylation sites (N-methyl/N-ethyl adjacent to an activating group) is 1. The smallest absolute Gasteiger partial charge is 0.271 e. The molecule has 1 N–H and O–H groups in total. The SMILES string of the molecule is CCN(CC(=O)NCc1ccc(F)cc1)S(=O)(=O)c1cc([N+](=O)[O-])ccc1OC. The number of non-ortho nitro benzene ring substituents is 1. The molecule has 0 atom stereocenters. The molecule has 0 fully saturated rings. The molecule has 1 amide bonds. The molecule has 0 unspecified atom stereocenters. The molecule has 2 aromatic rings. The Hall–Kier alpha value is -3.05. The van der Waals surface area contributed by atoms with E-state index in [-0.39, 0.29) is 18.8 Å². The molecular weight excluding hydrogens is 405 g/mol. The Bertz CT molecular complexity index is 995. The van der Waals surface area contributed by atoms with E-state index in [0.29, 0.717) is 5.56 Å². The minimum absolute atomic E-state index is 0.0435. The van der Waals surface area contributed by atoms with Gasteiger partial charge < -0.3 is 10.1 Å². The van der Waals surface area contributed by atoms with Gasteiger partial charge in [0.2, 0.25) is 15.9 Å². The fraction of sp³-hybridized carbons (Fsp3) is 0.278. The Morgan fingerprint density at radius 2 is 1.90 bits per heavy atom. The summed E-state index contributed by atoms with van der Waals surface area (Å²) in [5.41, 5.74) is 0.229. The van der Waals surface area contributed by atoms with Crippen LogP contribution in [-0.2, 0) is 21.4 Å². The lowest BCUT2D eigenvalue weighted by Crippen LogP contribution is -2.40. The van der Waals surface area contributed by atoms with E-state index in [0.717, 1.165) is 16.4 Å². The summed E-state index contributed by atoms with van der Waals surface area (Å²) in [4.78, 5) is 22.1. The lowest BCUT2D eigenvalue weighted by Gasteiger charge is -2.21. The van der Waals surface area contributed by atoms with Gasteiger partial charge in [0.25, 0.3) is 5.69 Å². The van der Waals surface area contributed by atoms with Gasteiger partial charge in [0, 0.05) is 25.2 Å². The van der Waals surface area contributed by atoms with Crippen LogP contribution in [0, 0.1) is 15.9 Å². The van der Waals surface area contributed by atoms with Crippen molar-refractivity contribution < 1.29 is 27.3 Å². The highest BCUT2D eigenvalue weighted by Gasteiger charge is 2.30. The number of methoxy groups -OCH3 is 1. The number of carbonyl (C=O) groups is 1. The van der Waals surface area contributed by atoms with Crippen LogP contribution in [0.3, 0.4) is 0 Å². The second-order valence-electron chi connectivity index (χ2n) is 5.93. The molecule has 0 saturated carbocycles. The van der Waals surface area contributed by atoms with Crippen LogP contribution in [-0.4, -0.2) is 43.8 Å². The van der Waals surface area contributed by atoms with Crippen molar-refractivity contribution in [2.75, 3.05) is 20.2 Å². The monoisotopic (exact) mass is 425 g/mol. The van der Waals surface area contributed by atoms with Gasteiger partial charge in [-0.25, -0.2) is 12.8 Å². The Labute approximate surface area is 167 Å². The van der Waals surface area contributed by atoms with Crippen LogP contribution in [0.4, 0.5) is 10.1 Å². The number of rotatable bonds is 9. The number of nitrogens with one attached hydrogen (secondary N) is 1. The molecule has 0 aliphatic carbocycles. The van der Waals surface area contributed by atoms with Crippen molar-refractivity contribution >= 4 is 21.6 Å². The number of benzene rings is 2. The maximum atomic E-state index is 13.0. The molecule has 29 heavy (non-hydrogen) atoms. The van der Waals surface area contributed by atoms with Crippen molar-refractivity contribution in [1.82, 2.24) is 9.62 Å². The number of hydrogen-bond donors (Lipinski definition) is 1. The van der Waals surface area contributed by atoms with Crippen LogP contribution in [0.25, 0.3) is 0 Å². The van der Waals surface area contributed by atoms with Crippen LogP contribution in [0.2, 0.25) is 0 Å².